The van der Waals surface area contributed by atoms with Crippen LogP contribution in [0.15, 0.2) is 24.8 Å². The Morgan fingerprint density at radius 3 is 2.44 bits per heavy atom. The molecule has 2 rings (SSSR count). The predicted octanol–water partition coefficient (Wildman–Crippen LogP) is 3.85. The van der Waals surface area contributed by atoms with Crippen molar-refractivity contribution in [1.82, 2.24) is 0 Å². The minimum Gasteiger partial charge on any atom is -0.487 e. The van der Waals surface area contributed by atoms with Gasteiger partial charge in [0.1, 0.15) is 6.61 Å². The smallest absolute Gasteiger partial charge is 0.204 e. The van der Waals surface area contributed by atoms with Gasteiger partial charge in [0.05, 0.1) is 6.10 Å². The van der Waals surface area contributed by atoms with E-state index in [2.05, 4.69) is 6.58 Å². The van der Waals surface area contributed by atoms with Crippen LogP contribution in [0.3, 0.4) is 0 Å². The molecule has 0 bridgehead atoms. The molecule has 0 radical (unpaired) electrons. The molecule has 2 nitrogen and oxygen atoms in total. The Labute approximate surface area is 105 Å². The van der Waals surface area contributed by atoms with Crippen LogP contribution in [0.2, 0.25) is 0 Å². The molecule has 0 spiro atoms. The monoisotopic (exact) mass is 254 g/mol. The van der Waals surface area contributed by atoms with E-state index in [1.165, 1.54) is 18.2 Å². The molecule has 4 heteroatoms. The van der Waals surface area contributed by atoms with E-state index >= 15 is 0 Å². The van der Waals surface area contributed by atoms with Crippen LogP contribution in [-0.2, 0) is 0 Å². The predicted molar refractivity (Wildman–Crippen MR) is 64.9 cm³/mol. The Kier molecular flexibility index (Phi) is 4.18. The minimum absolute atomic E-state index is 0.00107. The van der Waals surface area contributed by atoms with Crippen molar-refractivity contribution < 1.29 is 18.3 Å². The lowest BCUT2D eigenvalue weighted by Gasteiger charge is -2.15. The van der Waals surface area contributed by atoms with Gasteiger partial charge >= 0.3 is 0 Å². The summed E-state index contributed by atoms with van der Waals surface area (Å²) in [6.45, 7) is 3.59. The molecular formula is C14H16F2O2. The van der Waals surface area contributed by atoms with Gasteiger partial charge in [-0.25, -0.2) is 0 Å². The standard InChI is InChI=1S/C14H16F2O2/c1-2-9-17-11-7-8-12(14(16)13(11)15)18-10-5-3-4-6-10/h2,7-8,10H,1,3-6,9H2. The minimum atomic E-state index is -1.01. The van der Waals surface area contributed by atoms with Crippen molar-refractivity contribution in [3.63, 3.8) is 0 Å². The molecule has 18 heavy (non-hydrogen) atoms. The van der Waals surface area contributed by atoms with Gasteiger partial charge in [0.2, 0.25) is 11.6 Å². The Hall–Kier alpha value is -1.58. The third kappa shape index (κ3) is 2.81. The second-order valence-electron chi connectivity index (χ2n) is 4.31. The van der Waals surface area contributed by atoms with E-state index in [0.29, 0.717) is 0 Å². The largest absolute Gasteiger partial charge is 0.487 e. The molecular weight excluding hydrogens is 238 g/mol. The van der Waals surface area contributed by atoms with Gasteiger partial charge in [-0.05, 0) is 37.8 Å². The van der Waals surface area contributed by atoms with Gasteiger partial charge in [-0.15, -0.1) is 0 Å². The van der Waals surface area contributed by atoms with Gasteiger partial charge in [0, 0.05) is 0 Å². The van der Waals surface area contributed by atoms with E-state index in [-0.39, 0.29) is 24.2 Å². The van der Waals surface area contributed by atoms with E-state index in [9.17, 15) is 8.78 Å². The van der Waals surface area contributed by atoms with Crippen molar-refractivity contribution in [2.45, 2.75) is 31.8 Å². The van der Waals surface area contributed by atoms with Gasteiger partial charge in [0.15, 0.2) is 11.5 Å². The van der Waals surface area contributed by atoms with Gasteiger partial charge in [-0.2, -0.15) is 8.78 Å². The summed E-state index contributed by atoms with van der Waals surface area (Å²) in [5.41, 5.74) is 0. The number of halogens is 2. The molecule has 1 aliphatic carbocycles. The summed E-state index contributed by atoms with van der Waals surface area (Å²) in [6.07, 6.45) is 5.43. The third-order valence-corrected chi connectivity index (χ3v) is 2.96. The van der Waals surface area contributed by atoms with Crippen LogP contribution in [-0.4, -0.2) is 12.7 Å². The number of rotatable bonds is 5. The van der Waals surface area contributed by atoms with Crippen LogP contribution in [0.25, 0.3) is 0 Å². The highest BCUT2D eigenvalue weighted by molar-refractivity contribution is 5.35. The van der Waals surface area contributed by atoms with Gasteiger partial charge in [-0.3, -0.25) is 0 Å². The fraction of sp³-hybridized carbons (Fsp3) is 0.429. The van der Waals surface area contributed by atoms with Crippen LogP contribution in [0.1, 0.15) is 25.7 Å². The molecule has 1 aromatic carbocycles. The molecule has 0 aliphatic heterocycles. The fourth-order valence-electron chi connectivity index (χ4n) is 2.05. The van der Waals surface area contributed by atoms with Crippen molar-refractivity contribution in [2.24, 2.45) is 0 Å². The first-order chi connectivity index (χ1) is 8.72. The topological polar surface area (TPSA) is 18.5 Å². The molecule has 0 aromatic heterocycles. The zero-order chi connectivity index (χ0) is 13.0. The Morgan fingerprint density at radius 2 is 1.78 bits per heavy atom. The summed E-state index contributed by atoms with van der Waals surface area (Å²) in [6, 6.07) is 2.79. The summed E-state index contributed by atoms with van der Waals surface area (Å²) in [5.74, 6) is -2.15. The summed E-state index contributed by atoms with van der Waals surface area (Å²) >= 11 is 0. The molecule has 0 unspecified atom stereocenters. The molecule has 98 valence electrons. The lowest BCUT2D eigenvalue weighted by molar-refractivity contribution is 0.197. The van der Waals surface area contributed by atoms with Gasteiger partial charge in [-0.1, -0.05) is 12.7 Å². The zero-order valence-electron chi connectivity index (χ0n) is 10.1. The summed E-state index contributed by atoms with van der Waals surface area (Å²) in [7, 11) is 0. The van der Waals surface area contributed by atoms with Gasteiger partial charge in [0.25, 0.3) is 0 Å². The number of ether oxygens (including phenoxy) is 2. The lowest BCUT2D eigenvalue weighted by Crippen LogP contribution is -2.12. The second kappa shape index (κ2) is 5.85. The summed E-state index contributed by atoms with van der Waals surface area (Å²) in [4.78, 5) is 0. The van der Waals surface area contributed by atoms with E-state index < -0.39 is 11.6 Å². The lowest BCUT2D eigenvalue weighted by atomic mass is 10.2. The average molecular weight is 254 g/mol. The molecule has 1 aromatic rings. The van der Waals surface area contributed by atoms with Crippen molar-refractivity contribution in [3.05, 3.63) is 36.4 Å². The molecule has 0 heterocycles. The highest BCUT2D eigenvalue weighted by Gasteiger charge is 2.21. The molecule has 0 amide bonds. The number of hydrogen-bond acceptors (Lipinski definition) is 2. The summed E-state index contributed by atoms with van der Waals surface area (Å²) < 4.78 is 37.8. The summed E-state index contributed by atoms with van der Waals surface area (Å²) in [5, 5.41) is 0. The Morgan fingerprint density at radius 1 is 1.17 bits per heavy atom. The van der Waals surface area contributed by atoms with Crippen LogP contribution < -0.4 is 9.47 Å². The second-order valence-corrected chi connectivity index (χ2v) is 4.31. The Balaban J connectivity index is 2.11. The zero-order valence-corrected chi connectivity index (χ0v) is 10.1. The molecule has 1 saturated carbocycles. The maximum absolute atomic E-state index is 13.7. The van der Waals surface area contributed by atoms with E-state index in [4.69, 9.17) is 9.47 Å². The van der Waals surface area contributed by atoms with Crippen molar-refractivity contribution >= 4 is 0 Å². The maximum atomic E-state index is 13.7. The molecule has 1 fully saturated rings. The average Bonchev–Trinajstić information content (AvgIpc) is 2.87. The van der Waals surface area contributed by atoms with Crippen molar-refractivity contribution in [1.29, 1.82) is 0 Å². The highest BCUT2D eigenvalue weighted by Crippen LogP contribution is 2.31. The Bertz CT molecular complexity index is 426. The van der Waals surface area contributed by atoms with E-state index in [0.717, 1.165) is 25.7 Å². The first-order valence-corrected chi connectivity index (χ1v) is 6.10. The highest BCUT2D eigenvalue weighted by atomic mass is 19.2. The number of benzene rings is 1. The van der Waals surface area contributed by atoms with Crippen LogP contribution in [0, 0.1) is 11.6 Å². The maximum Gasteiger partial charge on any atom is 0.204 e. The van der Waals surface area contributed by atoms with Crippen LogP contribution in [0.4, 0.5) is 8.78 Å². The fourth-order valence-corrected chi connectivity index (χ4v) is 2.05. The van der Waals surface area contributed by atoms with Gasteiger partial charge < -0.3 is 9.47 Å². The first kappa shape index (κ1) is 12.9. The SMILES string of the molecule is C=CCOc1ccc(OC2CCCC2)c(F)c1F. The van der Waals surface area contributed by atoms with Crippen LogP contribution >= 0.6 is 0 Å². The number of hydrogen-bond donors (Lipinski definition) is 0. The molecule has 0 N–H and O–H groups in total. The molecule has 0 atom stereocenters. The third-order valence-electron chi connectivity index (χ3n) is 2.96. The quantitative estimate of drug-likeness (QED) is 0.743. The van der Waals surface area contributed by atoms with E-state index in [1.54, 1.807) is 0 Å². The normalized spacial score (nSPS) is 15.7. The van der Waals surface area contributed by atoms with Crippen molar-refractivity contribution in [2.75, 3.05) is 6.61 Å². The molecule has 0 saturated heterocycles. The van der Waals surface area contributed by atoms with E-state index in [1.807, 2.05) is 0 Å². The van der Waals surface area contributed by atoms with Crippen molar-refractivity contribution in [3.8, 4) is 11.5 Å². The molecule has 1 aliphatic rings. The first-order valence-electron chi connectivity index (χ1n) is 6.10. The van der Waals surface area contributed by atoms with Crippen LogP contribution in [0.5, 0.6) is 11.5 Å².